The second kappa shape index (κ2) is 8.14. The van der Waals surface area contributed by atoms with Gasteiger partial charge in [0.05, 0.1) is 6.26 Å². The number of carbonyl (C=O) groups is 2. The van der Waals surface area contributed by atoms with Crippen LogP contribution >= 0.6 is 0 Å². The molecular weight excluding hydrogens is 308 g/mol. The molecule has 0 aromatic carbocycles. The van der Waals surface area contributed by atoms with E-state index in [0.717, 1.165) is 16.8 Å². The first-order valence-corrected chi connectivity index (χ1v) is 7.78. The topological polar surface area (TPSA) is 96.3 Å². The number of amides is 3. The predicted molar refractivity (Wildman–Crippen MR) is 91.1 cm³/mol. The molecule has 0 fully saturated rings. The van der Waals surface area contributed by atoms with E-state index in [1.165, 1.54) is 6.26 Å². The highest BCUT2D eigenvalue weighted by atomic mass is 16.3. The van der Waals surface area contributed by atoms with Gasteiger partial charge in [-0.3, -0.25) is 10.1 Å². The summed E-state index contributed by atoms with van der Waals surface area (Å²) in [4.78, 5) is 27.9. The normalized spacial score (nSPS) is 10.3. The van der Waals surface area contributed by atoms with Crippen molar-refractivity contribution in [1.82, 2.24) is 15.6 Å². The third-order valence-electron chi connectivity index (χ3n) is 3.33. The minimum Gasteiger partial charge on any atom is -0.459 e. The lowest BCUT2D eigenvalue weighted by atomic mass is 10.2. The molecule has 3 amide bonds. The minimum atomic E-state index is -0.319. The molecule has 128 valence electrons. The molecule has 0 aliphatic rings. The quantitative estimate of drug-likeness (QED) is 0.709. The number of hydrogen-bond acceptors (Lipinski definition) is 4. The monoisotopic (exact) mass is 330 g/mol. The van der Waals surface area contributed by atoms with Crippen LogP contribution in [-0.4, -0.2) is 30.0 Å². The molecule has 3 N–H and O–H groups in total. The standard InChI is InChI=1S/C17H22N4O3/c1-11-9-13(3)20-14(10-11)21-17(23)19-7-4-6-18-16(22)15-12(2)5-8-24-15/h5,8-10H,4,6-7H2,1-3H3,(H,18,22)(H2,19,20,21,23). The molecule has 7 heteroatoms. The van der Waals surface area contributed by atoms with E-state index in [4.69, 9.17) is 4.42 Å². The van der Waals surface area contributed by atoms with E-state index in [1.807, 2.05) is 26.8 Å². The maximum Gasteiger partial charge on any atom is 0.320 e. The number of aryl methyl sites for hydroxylation is 3. The largest absolute Gasteiger partial charge is 0.459 e. The van der Waals surface area contributed by atoms with Crippen molar-refractivity contribution in [2.24, 2.45) is 0 Å². The molecule has 0 radical (unpaired) electrons. The van der Waals surface area contributed by atoms with E-state index in [2.05, 4.69) is 20.9 Å². The van der Waals surface area contributed by atoms with Gasteiger partial charge in [0.2, 0.25) is 0 Å². The summed E-state index contributed by atoms with van der Waals surface area (Å²) in [6.07, 6.45) is 2.09. The van der Waals surface area contributed by atoms with E-state index in [0.29, 0.717) is 31.1 Å². The average molecular weight is 330 g/mol. The van der Waals surface area contributed by atoms with Crippen LogP contribution in [0.1, 0.15) is 33.8 Å². The molecule has 0 aliphatic carbocycles. The number of aromatic nitrogens is 1. The molecule has 7 nitrogen and oxygen atoms in total. The van der Waals surface area contributed by atoms with Crippen LogP contribution < -0.4 is 16.0 Å². The van der Waals surface area contributed by atoms with Gasteiger partial charge in [0, 0.05) is 24.3 Å². The van der Waals surface area contributed by atoms with Gasteiger partial charge < -0.3 is 15.1 Å². The van der Waals surface area contributed by atoms with Crippen molar-refractivity contribution in [3.05, 3.63) is 47.0 Å². The molecule has 0 bridgehead atoms. The van der Waals surface area contributed by atoms with Crippen molar-refractivity contribution in [3.8, 4) is 0 Å². The van der Waals surface area contributed by atoms with Crippen LogP contribution in [0.2, 0.25) is 0 Å². The summed E-state index contributed by atoms with van der Waals surface area (Å²) in [5, 5.41) is 8.16. The lowest BCUT2D eigenvalue weighted by Crippen LogP contribution is -2.32. The molecule has 0 atom stereocenters. The highest BCUT2D eigenvalue weighted by Gasteiger charge is 2.11. The summed E-state index contributed by atoms with van der Waals surface area (Å²) < 4.78 is 5.11. The van der Waals surface area contributed by atoms with Crippen molar-refractivity contribution in [2.45, 2.75) is 27.2 Å². The fourth-order valence-electron chi connectivity index (χ4n) is 2.24. The number of hydrogen-bond donors (Lipinski definition) is 3. The Morgan fingerprint density at radius 2 is 1.88 bits per heavy atom. The number of furan rings is 1. The highest BCUT2D eigenvalue weighted by molar-refractivity contribution is 5.92. The second-order valence-electron chi connectivity index (χ2n) is 5.59. The molecule has 0 spiro atoms. The predicted octanol–water partition coefficient (Wildman–Crippen LogP) is 2.54. The van der Waals surface area contributed by atoms with Crippen LogP contribution in [0.5, 0.6) is 0 Å². The first-order valence-electron chi connectivity index (χ1n) is 7.78. The lowest BCUT2D eigenvalue weighted by molar-refractivity contribution is 0.0925. The molecule has 2 aromatic heterocycles. The van der Waals surface area contributed by atoms with E-state index < -0.39 is 0 Å². The zero-order valence-corrected chi connectivity index (χ0v) is 14.1. The van der Waals surface area contributed by atoms with Gasteiger partial charge >= 0.3 is 6.03 Å². The fourth-order valence-corrected chi connectivity index (χ4v) is 2.24. The molecule has 0 aliphatic heterocycles. The second-order valence-corrected chi connectivity index (χ2v) is 5.59. The summed E-state index contributed by atoms with van der Waals surface area (Å²) in [6, 6.07) is 5.16. The summed E-state index contributed by atoms with van der Waals surface area (Å²) in [6.45, 7) is 6.52. The van der Waals surface area contributed by atoms with Crippen molar-refractivity contribution in [2.75, 3.05) is 18.4 Å². The first-order chi connectivity index (χ1) is 11.5. The van der Waals surface area contributed by atoms with E-state index in [9.17, 15) is 9.59 Å². The minimum absolute atomic E-state index is 0.249. The van der Waals surface area contributed by atoms with Gasteiger partial charge in [-0.2, -0.15) is 0 Å². The average Bonchev–Trinajstić information content (AvgIpc) is 2.91. The van der Waals surface area contributed by atoms with Gasteiger partial charge in [-0.25, -0.2) is 9.78 Å². The summed E-state index contributed by atoms with van der Waals surface area (Å²) in [7, 11) is 0. The zero-order chi connectivity index (χ0) is 17.5. The number of urea groups is 1. The van der Waals surface area contributed by atoms with Crippen molar-refractivity contribution in [1.29, 1.82) is 0 Å². The van der Waals surface area contributed by atoms with Crippen molar-refractivity contribution < 1.29 is 14.0 Å². The Balaban J connectivity index is 1.66. The molecule has 24 heavy (non-hydrogen) atoms. The Labute approximate surface area is 140 Å². The number of nitrogens with zero attached hydrogens (tertiary/aromatic N) is 1. The third kappa shape index (κ3) is 5.12. The molecule has 0 unspecified atom stereocenters. The summed E-state index contributed by atoms with van der Waals surface area (Å²) in [5.74, 6) is 0.592. The van der Waals surface area contributed by atoms with Gasteiger partial charge in [-0.05, 0) is 51.0 Å². The van der Waals surface area contributed by atoms with Gasteiger partial charge in [0.1, 0.15) is 5.82 Å². The van der Waals surface area contributed by atoms with Gasteiger partial charge in [-0.15, -0.1) is 0 Å². The van der Waals surface area contributed by atoms with Crippen molar-refractivity contribution >= 4 is 17.8 Å². The number of anilines is 1. The summed E-state index contributed by atoms with van der Waals surface area (Å²) >= 11 is 0. The van der Waals surface area contributed by atoms with E-state index in [1.54, 1.807) is 12.1 Å². The number of carbonyl (C=O) groups excluding carboxylic acids is 2. The highest BCUT2D eigenvalue weighted by Crippen LogP contribution is 2.09. The van der Waals surface area contributed by atoms with Crippen LogP contribution in [0.4, 0.5) is 10.6 Å². The maximum atomic E-state index is 11.8. The van der Waals surface area contributed by atoms with E-state index >= 15 is 0 Å². The Morgan fingerprint density at radius 1 is 1.12 bits per heavy atom. The van der Waals surface area contributed by atoms with Crippen LogP contribution in [0.25, 0.3) is 0 Å². The van der Waals surface area contributed by atoms with Gasteiger partial charge in [0.15, 0.2) is 5.76 Å². The molecule has 0 saturated heterocycles. The van der Waals surface area contributed by atoms with Crippen LogP contribution in [-0.2, 0) is 0 Å². The Hall–Kier alpha value is -2.83. The molecular formula is C17H22N4O3. The van der Waals surface area contributed by atoms with Crippen LogP contribution in [0, 0.1) is 20.8 Å². The molecule has 2 heterocycles. The smallest absolute Gasteiger partial charge is 0.320 e. The third-order valence-corrected chi connectivity index (χ3v) is 3.33. The Morgan fingerprint density at radius 3 is 2.54 bits per heavy atom. The SMILES string of the molecule is Cc1cc(C)nc(NC(=O)NCCCNC(=O)c2occc2C)c1. The Kier molecular flexibility index (Phi) is 5.95. The molecule has 2 aromatic rings. The Bertz CT molecular complexity index is 704. The molecule has 0 saturated carbocycles. The molecule has 2 rings (SSSR count). The van der Waals surface area contributed by atoms with Gasteiger partial charge in [-0.1, -0.05) is 0 Å². The zero-order valence-electron chi connectivity index (χ0n) is 14.1. The maximum absolute atomic E-state index is 11.8. The number of nitrogens with one attached hydrogen (secondary N) is 3. The summed E-state index contributed by atoms with van der Waals surface area (Å²) in [5.41, 5.74) is 2.68. The van der Waals surface area contributed by atoms with Crippen LogP contribution in [0.15, 0.2) is 28.9 Å². The number of rotatable bonds is 6. The van der Waals surface area contributed by atoms with Crippen LogP contribution in [0.3, 0.4) is 0 Å². The number of pyridine rings is 1. The lowest BCUT2D eigenvalue weighted by Gasteiger charge is -2.09. The van der Waals surface area contributed by atoms with Gasteiger partial charge in [0.25, 0.3) is 5.91 Å². The first kappa shape index (κ1) is 17.5. The van der Waals surface area contributed by atoms with Crippen molar-refractivity contribution in [3.63, 3.8) is 0 Å². The van der Waals surface area contributed by atoms with E-state index in [-0.39, 0.29) is 11.9 Å². The fraction of sp³-hybridized carbons (Fsp3) is 0.353.